The third-order valence-electron chi connectivity index (χ3n) is 3.76. The van der Waals surface area contributed by atoms with Crippen molar-refractivity contribution in [3.8, 4) is 5.88 Å². The molecule has 0 spiro atoms. The lowest BCUT2D eigenvalue weighted by Crippen LogP contribution is -2.17. The summed E-state index contributed by atoms with van der Waals surface area (Å²) in [6.45, 7) is 1.91. The van der Waals surface area contributed by atoms with Crippen LogP contribution in [-0.4, -0.2) is 31.0 Å². The number of rotatable bonds is 3. The van der Waals surface area contributed by atoms with Crippen LogP contribution in [0.5, 0.6) is 5.88 Å². The van der Waals surface area contributed by atoms with E-state index in [2.05, 4.69) is 33.8 Å². The maximum Gasteiger partial charge on any atom is 0.252 e. The number of amides is 1. The Kier molecular flexibility index (Phi) is 4.34. The fraction of sp³-hybridized carbons (Fsp3) is 0.294. The number of aromatic nitrogens is 1. The highest BCUT2D eigenvalue weighted by Gasteiger charge is 2.14. The summed E-state index contributed by atoms with van der Waals surface area (Å²) in [6, 6.07) is 3.42. The summed E-state index contributed by atoms with van der Waals surface area (Å²) in [5.41, 5.74) is 3.22. The third kappa shape index (κ3) is 3.26. The van der Waals surface area contributed by atoms with Crippen LogP contribution in [0.3, 0.4) is 0 Å². The summed E-state index contributed by atoms with van der Waals surface area (Å²) in [6.07, 6.45) is 9.80. The molecule has 1 aromatic rings. The number of carbonyl (C=O) groups excluding carboxylic acids is 1. The number of nitrogens with one attached hydrogen (secondary N) is 2. The van der Waals surface area contributed by atoms with Crippen LogP contribution in [0.4, 0.5) is 0 Å². The maximum atomic E-state index is 11.5. The number of nitrogens with zero attached hydrogens (tertiary/aromatic N) is 1. The van der Waals surface area contributed by atoms with Gasteiger partial charge in [0.2, 0.25) is 5.88 Å². The molecule has 0 saturated heterocycles. The van der Waals surface area contributed by atoms with Crippen LogP contribution in [0.25, 0.3) is 0 Å². The van der Waals surface area contributed by atoms with E-state index < -0.39 is 0 Å². The minimum Gasteiger partial charge on any atom is -0.439 e. The zero-order valence-electron chi connectivity index (χ0n) is 12.6. The molecule has 0 atom stereocenters. The topological polar surface area (TPSA) is 63.2 Å². The molecule has 22 heavy (non-hydrogen) atoms. The second-order valence-electron chi connectivity index (χ2n) is 5.23. The lowest BCUT2D eigenvalue weighted by molar-refractivity contribution is 0.0962. The van der Waals surface area contributed by atoms with E-state index in [-0.39, 0.29) is 5.91 Å². The van der Waals surface area contributed by atoms with Gasteiger partial charge in [-0.25, -0.2) is 4.98 Å². The molecular formula is C17H19N3O2. The number of hydrogen-bond acceptors (Lipinski definition) is 4. The van der Waals surface area contributed by atoms with Gasteiger partial charge in [0.05, 0.1) is 5.56 Å². The molecule has 114 valence electrons. The summed E-state index contributed by atoms with van der Waals surface area (Å²) in [7, 11) is 1.60. The molecule has 1 aromatic heterocycles. The molecule has 5 nitrogen and oxygen atoms in total. The van der Waals surface area contributed by atoms with Crippen molar-refractivity contribution < 1.29 is 9.53 Å². The predicted octanol–water partition coefficient (Wildman–Crippen LogP) is 1.95. The van der Waals surface area contributed by atoms with Gasteiger partial charge >= 0.3 is 0 Å². The van der Waals surface area contributed by atoms with Gasteiger partial charge in [-0.05, 0) is 48.8 Å². The highest BCUT2D eigenvalue weighted by Crippen LogP contribution is 2.27. The molecule has 0 unspecified atom stereocenters. The van der Waals surface area contributed by atoms with Gasteiger partial charge in [0.25, 0.3) is 5.91 Å². The summed E-state index contributed by atoms with van der Waals surface area (Å²) in [5.74, 6) is 1.16. The average molecular weight is 297 g/mol. The first-order valence-corrected chi connectivity index (χ1v) is 7.43. The van der Waals surface area contributed by atoms with Crippen molar-refractivity contribution in [1.82, 2.24) is 15.6 Å². The number of pyridine rings is 1. The fourth-order valence-corrected chi connectivity index (χ4v) is 2.54. The molecule has 0 fully saturated rings. The number of fused-ring (bicyclic) bond motifs is 1. The molecule has 1 aliphatic carbocycles. The second kappa shape index (κ2) is 6.58. The Morgan fingerprint density at radius 3 is 3.00 bits per heavy atom. The molecule has 2 heterocycles. The Morgan fingerprint density at radius 1 is 1.32 bits per heavy atom. The van der Waals surface area contributed by atoms with Gasteiger partial charge in [-0.1, -0.05) is 6.08 Å². The van der Waals surface area contributed by atoms with Gasteiger partial charge < -0.3 is 15.4 Å². The van der Waals surface area contributed by atoms with E-state index in [1.807, 2.05) is 0 Å². The second-order valence-corrected chi connectivity index (χ2v) is 5.23. The van der Waals surface area contributed by atoms with Gasteiger partial charge in [0.15, 0.2) is 0 Å². The van der Waals surface area contributed by atoms with Crippen molar-refractivity contribution in [2.75, 3.05) is 20.1 Å². The van der Waals surface area contributed by atoms with Crippen LogP contribution in [0.2, 0.25) is 0 Å². The van der Waals surface area contributed by atoms with Crippen LogP contribution in [0, 0.1) is 0 Å². The van der Waals surface area contributed by atoms with Gasteiger partial charge in [0.1, 0.15) is 5.76 Å². The zero-order chi connectivity index (χ0) is 15.4. The number of ether oxygens (including phenoxy) is 1. The standard InChI is InChI=1S/C17H19N3O2/c1-18-17(21)14-3-5-16(20-11-14)22-15-4-2-12-6-8-19-9-7-13(12)10-15/h3-6,10-11,19H,2,7-9H2,1H3,(H,18,21). The quantitative estimate of drug-likeness (QED) is 0.895. The van der Waals surface area contributed by atoms with E-state index in [0.29, 0.717) is 11.4 Å². The number of allylic oxidation sites excluding steroid dienone is 3. The Bertz CT molecular complexity index is 657. The van der Waals surface area contributed by atoms with E-state index in [0.717, 1.165) is 31.7 Å². The molecule has 0 bridgehead atoms. The van der Waals surface area contributed by atoms with Gasteiger partial charge in [-0.2, -0.15) is 0 Å². The molecule has 1 amide bonds. The Hall–Kier alpha value is -2.40. The molecule has 1 aliphatic heterocycles. The number of carbonyl (C=O) groups is 1. The van der Waals surface area contributed by atoms with Crippen LogP contribution in [0.1, 0.15) is 23.2 Å². The minimum absolute atomic E-state index is 0.154. The Morgan fingerprint density at radius 2 is 2.23 bits per heavy atom. The summed E-state index contributed by atoms with van der Waals surface area (Å²) < 4.78 is 5.81. The molecule has 5 heteroatoms. The van der Waals surface area contributed by atoms with Crippen LogP contribution in [0.15, 0.2) is 53.5 Å². The van der Waals surface area contributed by atoms with Gasteiger partial charge in [-0.3, -0.25) is 4.79 Å². The first-order chi connectivity index (χ1) is 10.8. The van der Waals surface area contributed by atoms with Crippen LogP contribution in [-0.2, 0) is 0 Å². The lowest BCUT2D eigenvalue weighted by atomic mass is 9.95. The molecule has 3 rings (SSSR count). The van der Waals surface area contributed by atoms with Crippen molar-refractivity contribution in [2.24, 2.45) is 0 Å². The molecule has 2 N–H and O–H groups in total. The van der Waals surface area contributed by atoms with E-state index in [9.17, 15) is 4.79 Å². The fourth-order valence-electron chi connectivity index (χ4n) is 2.54. The van der Waals surface area contributed by atoms with E-state index in [1.54, 1.807) is 19.2 Å². The van der Waals surface area contributed by atoms with E-state index >= 15 is 0 Å². The van der Waals surface area contributed by atoms with Crippen LogP contribution < -0.4 is 15.4 Å². The van der Waals surface area contributed by atoms with Gasteiger partial charge in [-0.15, -0.1) is 0 Å². The molecular weight excluding hydrogens is 278 g/mol. The van der Waals surface area contributed by atoms with Crippen molar-refractivity contribution >= 4 is 5.91 Å². The first-order valence-electron chi connectivity index (χ1n) is 7.43. The van der Waals surface area contributed by atoms with Crippen molar-refractivity contribution in [2.45, 2.75) is 12.8 Å². The van der Waals surface area contributed by atoms with Crippen molar-refractivity contribution in [1.29, 1.82) is 0 Å². The number of hydrogen-bond donors (Lipinski definition) is 2. The van der Waals surface area contributed by atoms with E-state index in [4.69, 9.17) is 4.74 Å². The van der Waals surface area contributed by atoms with Crippen molar-refractivity contribution in [3.63, 3.8) is 0 Å². The highest BCUT2D eigenvalue weighted by atomic mass is 16.5. The summed E-state index contributed by atoms with van der Waals surface area (Å²) in [4.78, 5) is 15.7. The van der Waals surface area contributed by atoms with E-state index in [1.165, 1.54) is 17.3 Å². The smallest absolute Gasteiger partial charge is 0.252 e. The molecule has 0 aromatic carbocycles. The normalized spacial score (nSPS) is 17.4. The largest absolute Gasteiger partial charge is 0.439 e. The average Bonchev–Trinajstić information content (AvgIpc) is 2.79. The zero-order valence-corrected chi connectivity index (χ0v) is 12.6. The van der Waals surface area contributed by atoms with Crippen molar-refractivity contribution in [3.05, 3.63) is 59.0 Å². The monoisotopic (exact) mass is 297 g/mol. The van der Waals surface area contributed by atoms with Crippen LogP contribution >= 0.6 is 0 Å². The minimum atomic E-state index is -0.154. The SMILES string of the molecule is CNC(=O)c1ccc(OC2=CCC3=CCNCCC3=C2)nc1. The molecule has 0 radical (unpaired) electrons. The lowest BCUT2D eigenvalue weighted by Gasteiger charge is -2.16. The summed E-state index contributed by atoms with van der Waals surface area (Å²) >= 11 is 0. The summed E-state index contributed by atoms with van der Waals surface area (Å²) in [5, 5.41) is 5.93. The third-order valence-corrected chi connectivity index (χ3v) is 3.76. The Balaban J connectivity index is 1.71. The van der Waals surface area contributed by atoms with Gasteiger partial charge in [0, 0.05) is 25.9 Å². The highest BCUT2D eigenvalue weighted by molar-refractivity contribution is 5.93. The predicted molar refractivity (Wildman–Crippen MR) is 84.6 cm³/mol. The maximum absolute atomic E-state index is 11.5. The molecule has 2 aliphatic rings. The molecule has 0 saturated carbocycles. The first kappa shape index (κ1) is 14.5. The Labute approximate surface area is 129 Å².